The Morgan fingerprint density at radius 3 is 2.50 bits per heavy atom. The minimum absolute atomic E-state index is 0.0123. The van der Waals surface area contributed by atoms with E-state index in [-0.39, 0.29) is 10.0 Å². The van der Waals surface area contributed by atoms with Gasteiger partial charge in [0.1, 0.15) is 5.82 Å². The van der Waals surface area contributed by atoms with E-state index in [1.807, 2.05) is 0 Å². The first kappa shape index (κ1) is 15.0. The number of rotatable bonds is 2. The summed E-state index contributed by atoms with van der Waals surface area (Å²) in [6.07, 6.45) is 0.757. The van der Waals surface area contributed by atoms with E-state index in [1.54, 1.807) is 13.0 Å². The maximum absolute atomic E-state index is 13.9. The lowest BCUT2D eigenvalue weighted by Gasteiger charge is -2.36. The van der Waals surface area contributed by atoms with E-state index in [1.165, 1.54) is 17.0 Å². The topological polar surface area (TPSA) is 57.6 Å². The molecule has 1 fully saturated rings. The van der Waals surface area contributed by atoms with Crippen molar-refractivity contribution in [3.8, 4) is 0 Å². The molecule has 1 aromatic rings. The van der Waals surface area contributed by atoms with Gasteiger partial charge in [-0.2, -0.15) is 0 Å². The van der Waals surface area contributed by atoms with Crippen molar-refractivity contribution in [3.05, 3.63) is 34.1 Å². The maximum atomic E-state index is 13.9. The zero-order chi connectivity index (χ0) is 14.9. The molecule has 4 nitrogen and oxygen atoms in total. The summed E-state index contributed by atoms with van der Waals surface area (Å²) in [5, 5.41) is 9.15. The highest BCUT2D eigenvalue weighted by Gasteiger charge is 2.38. The van der Waals surface area contributed by atoms with Crippen molar-refractivity contribution < 1.29 is 19.1 Å². The summed E-state index contributed by atoms with van der Waals surface area (Å²) in [5.41, 5.74) is -0.787. The van der Waals surface area contributed by atoms with Crippen LogP contribution in [-0.2, 0) is 4.79 Å². The van der Waals surface area contributed by atoms with Crippen molar-refractivity contribution in [1.82, 2.24) is 4.90 Å². The molecular formula is C14H15BrFNO3. The van der Waals surface area contributed by atoms with E-state index in [0.717, 1.165) is 0 Å². The monoisotopic (exact) mass is 343 g/mol. The van der Waals surface area contributed by atoms with Gasteiger partial charge in [0.2, 0.25) is 0 Å². The summed E-state index contributed by atoms with van der Waals surface area (Å²) in [4.78, 5) is 24.9. The lowest BCUT2D eigenvalue weighted by molar-refractivity contribution is -0.150. The van der Waals surface area contributed by atoms with E-state index in [9.17, 15) is 14.0 Å². The molecule has 0 aliphatic carbocycles. The highest BCUT2D eigenvalue weighted by atomic mass is 79.9. The molecule has 0 atom stereocenters. The summed E-state index contributed by atoms with van der Waals surface area (Å²) >= 11 is 3.05. The van der Waals surface area contributed by atoms with E-state index >= 15 is 0 Å². The number of hydrogen-bond acceptors (Lipinski definition) is 2. The summed E-state index contributed by atoms with van der Waals surface area (Å²) in [6.45, 7) is 2.33. The number of hydrogen-bond donors (Lipinski definition) is 1. The quantitative estimate of drug-likeness (QED) is 0.898. The predicted molar refractivity (Wildman–Crippen MR) is 75.0 cm³/mol. The Morgan fingerprint density at radius 2 is 1.95 bits per heavy atom. The molecule has 0 unspecified atom stereocenters. The number of carbonyl (C=O) groups is 2. The molecule has 1 amide bonds. The summed E-state index contributed by atoms with van der Waals surface area (Å²) < 4.78 is 14.1. The molecule has 1 saturated heterocycles. The fourth-order valence-electron chi connectivity index (χ4n) is 2.26. The fourth-order valence-corrected chi connectivity index (χ4v) is 2.62. The number of nitrogens with zero attached hydrogens (tertiary/aromatic N) is 1. The van der Waals surface area contributed by atoms with Gasteiger partial charge in [-0.3, -0.25) is 9.59 Å². The van der Waals surface area contributed by atoms with Crippen molar-refractivity contribution in [1.29, 1.82) is 0 Å². The van der Waals surface area contributed by atoms with Crippen molar-refractivity contribution >= 4 is 27.8 Å². The first-order chi connectivity index (χ1) is 9.35. The Balaban J connectivity index is 2.13. The highest BCUT2D eigenvalue weighted by Crippen LogP contribution is 2.32. The molecular weight excluding hydrogens is 329 g/mol. The van der Waals surface area contributed by atoms with Crippen molar-refractivity contribution in [2.45, 2.75) is 19.8 Å². The summed E-state index contributed by atoms with van der Waals surface area (Å²) in [6, 6.07) is 4.57. The molecule has 0 saturated carbocycles. The molecule has 108 valence electrons. The van der Waals surface area contributed by atoms with Crippen LogP contribution in [0.4, 0.5) is 4.39 Å². The largest absolute Gasteiger partial charge is 0.481 e. The number of carboxylic acid groups (broad SMARTS) is 1. The van der Waals surface area contributed by atoms with Crippen molar-refractivity contribution in [3.63, 3.8) is 0 Å². The molecule has 0 bridgehead atoms. The lowest BCUT2D eigenvalue weighted by atomic mass is 9.80. The maximum Gasteiger partial charge on any atom is 0.309 e. The van der Waals surface area contributed by atoms with Crippen LogP contribution < -0.4 is 0 Å². The molecule has 0 radical (unpaired) electrons. The number of amides is 1. The molecule has 1 aliphatic rings. The van der Waals surface area contributed by atoms with E-state index in [0.29, 0.717) is 25.9 Å². The first-order valence-corrected chi connectivity index (χ1v) is 7.11. The SMILES string of the molecule is CC1(C(=O)O)CCN(C(=O)c2cccc(Br)c2F)CC1. The minimum atomic E-state index is -0.849. The molecule has 1 aliphatic heterocycles. The molecule has 1 N–H and O–H groups in total. The molecule has 6 heteroatoms. The standard InChI is InChI=1S/C14H15BrFNO3/c1-14(13(19)20)5-7-17(8-6-14)12(18)9-3-2-4-10(15)11(9)16/h2-4H,5-8H2,1H3,(H,19,20). The van der Waals surface area contributed by atoms with Crippen LogP contribution in [0.5, 0.6) is 0 Å². The average Bonchev–Trinajstić information content (AvgIpc) is 2.42. The molecule has 1 heterocycles. The predicted octanol–water partition coefficient (Wildman–Crippen LogP) is 2.92. The number of piperidine rings is 1. The Bertz CT molecular complexity index is 553. The average molecular weight is 344 g/mol. The van der Waals surface area contributed by atoms with Crippen molar-refractivity contribution in [2.24, 2.45) is 5.41 Å². The molecule has 2 rings (SSSR count). The van der Waals surface area contributed by atoms with Gasteiger partial charge < -0.3 is 10.0 Å². The van der Waals surface area contributed by atoms with Gasteiger partial charge in [0.05, 0.1) is 15.5 Å². The van der Waals surface area contributed by atoms with E-state index in [4.69, 9.17) is 5.11 Å². The smallest absolute Gasteiger partial charge is 0.309 e. The number of halogens is 2. The molecule has 0 spiro atoms. The fraction of sp³-hybridized carbons (Fsp3) is 0.429. The van der Waals surface area contributed by atoms with Crippen LogP contribution in [0, 0.1) is 11.2 Å². The highest BCUT2D eigenvalue weighted by molar-refractivity contribution is 9.10. The second-order valence-corrected chi connectivity index (χ2v) is 6.11. The van der Waals surface area contributed by atoms with Crippen LogP contribution in [0.15, 0.2) is 22.7 Å². The van der Waals surface area contributed by atoms with Gasteiger partial charge >= 0.3 is 5.97 Å². The van der Waals surface area contributed by atoms with Gasteiger partial charge in [0, 0.05) is 13.1 Å². The summed E-state index contributed by atoms with van der Waals surface area (Å²) in [7, 11) is 0. The Kier molecular flexibility index (Phi) is 4.13. The second kappa shape index (κ2) is 5.52. The van der Waals surface area contributed by atoms with Gasteiger partial charge in [0.15, 0.2) is 0 Å². The zero-order valence-corrected chi connectivity index (χ0v) is 12.6. The van der Waals surface area contributed by atoms with Gasteiger partial charge in [-0.05, 0) is 47.8 Å². The van der Waals surface area contributed by atoms with Gasteiger partial charge in [-0.25, -0.2) is 4.39 Å². The molecule has 0 aromatic heterocycles. The summed E-state index contributed by atoms with van der Waals surface area (Å²) in [5.74, 6) is -1.82. The molecule has 1 aromatic carbocycles. The van der Waals surface area contributed by atoms with Crippen LogP contribution >= 0.6 is 15.9 Å². The Labute approximate surface area is 124 Å². The number of carboxylic acids is 1. The third kappa shape index (κ3) is 2.70. The number of carbonyl (C=O) groups excluding carboxylic acids is 1. The third-order valence-electron chi connectivity index (χ3n) is 3.85. The minimum Gasteiger partial charge on any atom is -0.481 e. The van der Waals surface area contributed by atoms with Crippen LogP contribution in [0.3, 0.4) is 0 Å². The normalized spacial score (nSPS) is 17.9. The Hall–Kier alpha value is -1.43. The number of likely N-dealkylation sites (tertiary alicyclic amines) is 1. The number of benzene rings is 1. The third-order valence-corrected chi connectivity index (χ3v) is 4.46. The molecule has 20 heavy (non-hydrogen) atoms. The van der Waals surface area contributed by atoms with Crippen LogP contribution in [-0.4, -0.2) is 35.0 Å². The van der Waals surface area contributed by atoms with Crippen molar-refractivity contribution in [2.75, 3.05) is 13.1 Å². The Morgan fingerprint density at radius 1 is 1.35 bits per heavy atom. The van der Waals surface area contributed by atoms with Crippen LogP contribution in [0.1, 0.15) is 30.1 Å². The van der Waals surface area contributed by atoms with E-state index < -0.39 is 23.1 Å². The first-order valence-electron chi connectivity index (χ1n) is 6.32. The number of aliphatic carboxylic acids is 1. The van der Waals surface area contributed by atoms with Crippen LogP contribution in [0.25, 0.3) is 0 Å². The van der Waals surface area contributed by atoms with Gasteiger partial charge in [-0.1, -0.05) is 6.07 Å². The lowest BCUT2D eigenvalue weighted by Crippen LogP contribution is -2.45. The second-order valence-electron chi connectivity index (χ2n) is 5.26. The zero-order valence-electron chi connectivity index (χ0n) is 11.0. The van der Waals surface area contributed by atoms with Gasteiger partial charge in [0.25, 0.3) is 5.91 Å². The van der Waals surface area contributed by atoms with Crippen LogP contribution in [0.2, 0.25) is 0 Å². The van der Waals surface area contributed by atoms with Gasteiger partial charge in [-0.15, -0.1) is 0 Å². The van der Waals surface area contributed by atoms with E-state index in [2.05, 4.69) is 15.9 Å².